The molecule has 0 fully saturated rings. The molecule has 0 aliphatic carbocycles. The average molecular weight is 199 g/mol. The van der Waals surface area contributed by atoms with E-state index in [9.17, 15) is 5.11 Å². The van der Waals surface area contributed by atoms with Gasteiger partial charge in [-0.1, -0.05) is 13.0 Å². The molecule has 0 bridgehead atoms. The maximum absolute atomic E-state index is 9.48. The number of likely N-dealkylation sites (N-methyl/N-ethyl adjacent to an activating group) is 1. The molecule has 0 aromatic carbocycles. The van der Waals surface area contributed by atoms with Crippen LogP contribution in [0.3, 0.4) is 0 Å². The summed E-state index contributed by atoms with van der Waals surface area (Å²) in [6, 6.07) is 4.12. The monoisotopic (exact) mass is 199 g/mol. The van der Waals surface area contributed by atoms with Crippen LogP contribution >= 0.6 is 11.3 Å². The predicted octanol–water partition coefficient (Wildman–Crippen LogP) is 1.91. The van der Waals surface area contributed by atoms with Crippen molar-refractivity contribution >= 4 is 11.3 Å². The maximum atomic E-state index is 9.48. The highest BCUT2D eigenvalue weighted by Gasteiger charge is 2.32. The van der Waals surface area contributed by atoms with Gasteiger partial charge < -0.3 is 5.11 Å². The molecular formula is C10H17NOS. The van der Waals surface area contributed by atoms with Crippen LogP contribution in [0.4, 0.5) is 0 Å². The normalized spacial score (nSPS) is 16.1. The van der Waals surface area contributed by atoms with E-state index in [-0.39, 0.29) is 12.1 Å². The van der Waals surface area contributed by atoms with E-state index >= 15 is 0 Å². The van der Waals surface area contributed by atoms with Gasteiger partial charge in [-0.3, -0.25) is 4.90 Å². The lowest BCUT2D eigenvalue weighted by molar-refractivity contribution is 0.0654. The summed E-state index contributed by atoms with van der Waals surface area (Å²) >= 11 is 1.71. The smallest absolute Gasteiger partial charge is 0.0779 e. The molecular weight excluding hydrogens is 182 g/mol. The molecule has 0 aliphatic rings. The summed E-state index contributed by atoms with van der Waals surface area (Å²) in [5.41, 5.74) is -0.186. The summed E-state index contributed by atoms with van der Waals surface area (Å²) in [7, 11) is 4.03. The molecule has 1 heterocycles. The second kappa shape index (κ2) is 4.22. The number of rotatable bonds is 4. The lowest BCUT2D eigenvalue weighted by atomic mass is 9.94. The van der Waals surface area contributed by atoms with Gasteiger partial charge in [-0.05, 0) is 32.0 Å². The average Bonchev–Trinajstić information content (AvgIpc) is 2.60. The molecule has 0 radical (unpaired) electrons. The van der Waals surface area contributed by atoms with Gasteiger partial charge in [0.05, 0.1) is 12.1 Å². The van der Waals surface area contributed by atoms with E-state index in [1.54, 1.807) is 11.3 Å². The summed E-state index contributed by atoms with van der Waals surface area (Å²) in [6.07, 6.45) is 0.928. The summed E-state index contributed by atoms with van der Waals surface area (Å²) < 4.78 is 0. The van der Waals surface area contributed by atoms with E-state index in [4.69, 9.17) is 0 Å². The molecule has 0 saturated heterocycles. The first-order valence-electron chi connectivity index (χ1n) is 4.49. The van der Waals surface area contributed by atoms with Crippen molar-refractivity contribution in [2.45, 2.75) is 18.9 Å². The van der Waals surface area contributed by atoms with Gasteiger partial charge in [0.25, 0.3) is 0 Å². The minimum atomic E-state index is -0.186. The fraction of sp³-hybridized carbons (Fsp3) is 0.600. The van der Waals surface area contributed by atoms with Crippen LogP contribution in [0.5, 0.6) is 0 Å². The molecule has 0 saturated carbocycles. The quantitative estimate of drug-likeness (QED) is 0.800. The standard InChI is InChI=1S/C10H17NOS/c1-4-10(8-12,11(2)3)9-6-5-7-13-9/h5-7,12H,4,8H2,1-3H3. The largest absolute Gasteiger partial charge is 0.394 e. The molecule has 1 rings (SSSR count). The molecule has 1 aromatic heterocycles. The predicted molar refractivity (Wildman–Crippen MR) is 57.1 cm³/mol. The van der Waals surface area contributed by atoms with E-state index < -0.39 is 0 Å². The zero-order chi connectivity index (χ0) is 9.90. The van der Waals surface area contributed by atoms with Gasteiger partial charge in [-0.2, -0.15) is 0 Å². The Morgan fingerprint density at radius 1 is 1.54 bits per heavy atom. The lowest BCUT2D eigenvalue weighted by Crippen LogP contribution is -2.43. The molecule has 0 spiro atoms. The highest BCUT2D eigenvalue weighted by molar-refractivity contribution is 7.10. The Bertz CT molecular complexity index is 239. The van der Waals surface area contributed by atoms with Crippen molar-refractivity contribution in [3.63, 3.8) is 0 Å². The number of thiophene rings is 1. The van der Waals surface area contributed by atoms with Gasteiger partial charge in [0.1, 0.15) is 0 Å². The van der Waals surface area contributed by atoms with Crippen LogP contribution in [0.25, 0.3) is 0 Å². The third-order valence-electron chi connectivity index (χ3n) is 2.68. The molecule has 2 nitrogen and oxygen atoms in total. The Labute approximate surface area is 83.8 Å². The maximum Gasteiger partial charge on any atom is 0.0779 e. The zero-order valence-electron chi connectivity index (χ0n) is 8.45. The minimum absolute atomic E-state index is 0.178. The summed E-state index contributed by atoms with van der Waals surface area (Å²) in [6.45, 7) is 2.28. The first-order valence-corrected chi connectivity index (χ1v) is 5.37. The van der Waals surface area contributed by atoms with Gasteiger partial charge in [-0.15, -0.1) is 11.3 Å². The van der Waals surface area contributed by atoms with E-state index in [1.807, 2.05) is 20.2 Å². The van der Waals surface area contributed by atoms with E-state index in [0.29, 0.717) is 0 Å². The van der Waals surface area contributed by atoms with Crippen LogP contribution in [0, 0.1) is 0 Å². The number of hydrogen-bond acceptors (Lipinski definition) is 3. The Hall–Kier alpha value is -0.380. The van der Waals surface area contributed by atoms with Crippen LogP contribution in [-0.2, 0) is 5.54 Å². The van der Waals surface area contributed by atoms with Crippen molar-refractivity contribution < 1.29 is 5.11 Å². The third-order valence-corrected chi connectivity index (χ3v) is 3.75. The van der Waals surface area contributed by atoms with Crippen LogP contribution < -0.4 is 0 Å². The number of aliphatic hydroxyl groups excluding tert-OH is 1. The summed E-state index contributed by atoms with van der Waals surface area (Å²) in [5.74, 6) is 0. The van der Waals surface area contributed by atoms with Crippen LogP contribution in [-0.4, -0.2) is 30.7 Å². The Balaban J connectivity index is 3.03. The molecule has 0 amide bonds. The fourth-order valence-corrected chi connectivity index (χ4v) is 2.66. The van der Waals surface area contributed by atoms with Crippen LogP contribution in [0.2, 0.25) is 0 Å². The van der Waals surface area contributed by atoms with Gasteiger partial charge in [-0.25, -0.2) is 0 Å². The number of aliphatic hydroxyl groups is 1. The molecule has 1 unspecified atom stereocenters. The van der Waals surface area contributed by atoms with Crippen molar-refractivity contribution in [3.8, 4) is 0 Å². The molecule has 1 aromatic rings. The molecule has 3 heteroatoms. The van der Waals surface area contributed by atoms with Crippen molar-refractivity contribution in [1.82, 2.24) is 4.90 Å². The second-order valence-electron chi connectivity index (χ2n) is 3.41. The number of hydrogen-bond donors (Lipinski definition) is 1. The van der Waals surface area contributed by atoms with Gasteiger partial charge in [0.2, 0.25) is 0 Å². The van der Waals surface area contributed by atoms with Crippen molar-refractivity contribution in [1.29, 1.82) is 0 Å². The second-order valence-corrected chi connectivity index (χ2v) is 4.36. The van der Waals surface area contributed by atoms with Crippen molar-refractivity contribution in [3.05, 3.63) is 22.4 Å². The third kappa shape index (κ3) is 1.77. The van der Waals surface area contributed by atoms with E-state index in [0.717, 1.165) is 6.42 Å². The van der Waals surface area contributed by atoms with Gasteiger partial charge in [0, 0.05) is 4.88 Å². The first-order chi connectivity index (χ1) is 6.17. The molecule has 1 N–H and O–H groups in total. The summed E-state index contributed by atoms with van der Waals surface area (Å²) in [4.78, 5) is 3.33. The molecule has 0 aliphatic heterocycles. The minimum Gasteiger partial charge on any atom is -0.394 e. The Morgan fingerprint density at radius 2 is 2.23 bits per heavy atom. The topological polar surface area (TPSA) is 23.5 Å². The van der Waals surface area contributed by atoms with Crippen molar-refractivity contribution in [2.24, 2.45) is 0 Å². The number of nitrogens with zero attached hydrogens (tertiary/aromatic N) is 1. The van der Waals surface area contributed by atoms with Crippen molar-refractivity contribution in [2.75, 3.05) is 20.7 Å². The molecule has 13 heavy (non-hydrogen) atoms. The SMILES string of the molecule is CCC(CO)(c1cccs1)N(C)C. The van der Waals surface area contributed by atoms with E-state index in [1.165, 1.54) is 4.88 Å². The van der Waals surface area contributed by atoms with Crippen LogP contribution in [0.15, 0.2) is 17.5 Å². The fourth-order valence-electron chi connectivity index (χ4n) is 1.59. The highest BCUT2D eigenvalue weighted by Crippen LogP contribution is 2.32. The Morgan fingerprint density at radius 3 is 2.54 bits per heavy atom. The van der Waals surface area contributed by atoms with Crippen LogP contribution in [0.1, 0.15) is 18.2 Å². The Kier molecular flexibility index (Phi) is 3.47. The zero-order valence-corrected chi connectivity index (χ0v) is 9.27. The molecule has 1 atom stereocenters. The highest BCUT2D eigenvalue weighted by atomic mass is 32.1. The lowest BCUT2D eigenvalue weighted by Gasteiger charge is -2.36. The van der Waals surface area contributed by atoms with E-state index in [2.05, 4.69) is 23.3 Å². The molecule has 74 valence electrons. The first kappa shape index (κ1) is 10.7. The van der Waals surface area contributed by atoms with Gasteiger partial charge in [0.15, 0.2) is 0 Å². The van der Waals surface area contributed by atoms with Gasteiger partial charge >= 0.3 is 0 Å². The summed E-state index contributed by atoms with van der Waals surface area (Å²) in [5, 5.41) is 11.5.